The number of carbonyl (C=O) groups excluding carboxylic acids is 1. The predicted octanol–water partition coefficient (Wildman–Crippen LogP) is 2.45. The van der Waals surface area contributed by atoms with Crippen LogP contribution >= 0.6 is 11.6 Å². The number of nitrogens with zero attached hydrogens (tertiary/aromatic N) is 2. The van der Waals surface area contributed by atoms with E-state index in [0.29, 0.717) is 10.0 Å². The van der Waals surface area contributed by atoms with Gasteiger partial charge in [0.25, 0.3) is 0 Å². The lowest BCUT2D eigenvalue weighted by atomic mass is 10.3. The third-order valence-corrected chi connectivity index (χ3v) is 1.73. The first-order valence-electron chi connectivity index (χ1n) is 3.68. The van der Waals surface area contributed by atoms with Crippen LogP contribution in [0.15, 0.2) is 29.6 Å². The molecule has 0 saturated heterocycles. The number of hydrogen-bond acceptors (Lipinski definition) is 4. The van der Waals surface area contributed by atoms with Crippen LogP contribution in [0, 0.1) is 4.91 Å². The topological polar surface area (TPSA) is 59.0 Å². The molecule has 14 heavy (non-hydrogen) atoms. The van der Waals surface area contributed by atoms with E-state index in [-0.39, 0.29) is 5.75 Å². The Bertz CT molecular complexity index is 356. The van der Waals surface area contributed by atoms with Gasteiger partial charge in [-0.1, -0.05) is 23.7 Å². The van der Waals surface area contributed by atoms with Gasteiger partial charge in [0.2, 0.25) is 0 Å². The second-order valence-corrected chi connectivity index (χ2v) is 2.81. The molecule has 1 amide bonds. The molecule has 1 aromatic rings. The number of ether oxygens (including phenoxy) is 1. The summed E-state index contributed by atoms with van der Waals surface area (Å²) in [6, 6.07) is 6.43. The van der Waals surface area contributed by atoms with Crippen molar-refractivity contribution in [3.05, 3.63) is 34.2 Å². The second kappa shape index (κ2) is 4.57. The summed E-state index contributed by atoms with van der Waals surface area (Å²) in [6.45, 7) is 0. The molecule has 1 rings (SSSR count). The van der Waals surface area contributed by atoms with Crippen molar-refractivity contribution in [2.45, 2.75) is 0 Å². The third-order valence-electron chi connectivity index (χ3n) is 1.42. The number of nitroso groups, excluding NO2 is 1. The number of carbonyl (C=O) groups is 1. The number of hydrogen-bond donors (Lipinski definition) is 0. The van der Waals surface area contributed by atoms with Gasteiger partial charge in [0.1, 0.15) is 0 Å². The molecule has 5 nitrogen and oxygen atoms in total. The quantitative estimate of drug-likeness (QED) is 0.561. The molecule has 0 radical (unpaired) electrons. The Labute approximate surface area is 85.2 Å². The van der Waals surface area contributed by atoms with Crippen LogP contribution in [-0.4, -0.2) is 18.1 Å². The van der Waals surface area contributed by atoms with E-state index in [1.54, 1.807) is 18.2 Å². The molecule has 0 aliphatic carbocycles. The molecule has 0 aliphatic heterocycles. The van der Waals surface area contributed by atoms with E-state index < -0.39 is 6.09 Å². The van der Waals surface area contributed by atoms with Crippen LogP contribution in [0.3, 0.4) is 0 Å². The van der Waals surface area contributed by atoms with Gasteiger partial charge in [-0.05, 0) is 12.1 Å². The van der Waals surface area contributed by atoms with Crippen molar-refractivity contribution in [3.8, 4) is 5.75 Å². The van der Waals surface area contributed by atoms with Crippen molar-refractivity contribution in [2.75, 3.05) is 7.05 Å². The Balaban J connectivity index is 2.74. The standard InChI is InChI=1S/C8H7ClN2O3/c1-11(10-13)8(12)14-7-5-3-2-4-6(7)9/h2-5H,1H3. The van der Waals surface area contributed by atoms with Crippen LogP contribution < -0.4 is 4.74 Å². The summed E-state index contributed by atoms with van der Waals surface area (Å²) in [6.07, 6.45) is -0.881. The van der Waals surface area contributed by atoms with Gasteiger partial charge < -0.3 is 4.74 Å². The van der Waals surface area contributed by atoms with E-state index in [9.17, 15) is 9.70 Å². The molecule has 0 bridgehead atoms. The molecule has 0 N–H and O–H groups in total. The summed E-state index contributed by atoms with van der Waals surface area (Å²) in [7, 11) is 1.19. The average Bonchev–Trinajstić information content (AvgIpc) is 2.20. The molecule has 0 atom stereocenters. The number of halogens is 1. The van der Waals surface area contributed by atoms with E-state index in [1.807, 2.05) is 0 Å². The van der Waals surface area contributed by atoms with E-state index >= 15 is 0 Å². The number of amides is 1. The molecule has 0 aliphatic rings. The molecule has 0 aromatic heterocycles. The first-order chi connectivity index (χ1) is 6.65. The normalized spacial score (nSPS) is 9.29. The van der Waals surface area contributed by atoms with Gasteiger partial charge in [-0.3, -0.25) is 0 Å². The van der Waals surface area contributed by atoms with Crippen LogP contribution in [0.2, 0.25) is 5.02 Å². The first-order valence-corrected chi connectivity index (χ1v) is 4.06. The van der Waals surface area contributed by atoms with Gasteiger partial charge in [-0.15, -0.1) is 4.91 Å². The predicted molar refractivity (Wildman–Crippen MR) is 51.0 cm³/mol. The van der Waals surface area contributed by atoms with Gasteiger partial charge in [-0.2, -0.15) is 5.01 Å². The summed E-state index contributed by atoms with van der Waals surface area (Å²) in [5, 5.41) is 3.20. The number of rotatable bonds is 2. The van der Waals surface area contributed by atoms with Crippen molar-refractivity contribution in [1.29, 1.82) is 0 Å². The second-order valence-electron chi connectivity index (χ2n) is 2.40. The van der Waals surface area contributed by atoms with Gasteiger partial charge in [0.05, 0.1) is 10.3 Å². The van der Waals surface area contributed by atoms with Gasteiger partial charge in [0, 0.05) is 7.05 Å². The van der Waals surface area contributed by atoms with Crippen molar-refractivity contribution < 1.29 is 9.53 Å². The zero-order valence-electron chi connectivity index (χ0n) is 7.31. The molecule has 0 fully saturated rings. The Morgan fingerprint density at radius 1 is 1.50 bits per heavy atom. The van der Waals surface area contributed by atoms with E-state index in [4.69, 9.17) is 16.3 Å². The Morgan fingerprint density at radius 2 is 2.14 bits per heavy atom. The lowest BCUT2D eigenvalue weighted by Gasteiger charge is -2.08. The molecule has 0 heterocycles. The molecule has 74 valence electrons. The van der Waals surface area contributed by atoms with Gasteiger partial charge >= 0.3 is 6.09 Å². The minimum absolute atomic E-state index is 0.190. The summed E-state index contributed by atoms with van der Waals surface area (Å²) in [5.74, 6) is 0.190. The van der Waals surface area contributed by atoms with E-state index in [0.717, 1.165) is 0 Å². The van der Waals surface area contributed by atoms with Crippen molar-refractivity contribution in [2.24, 2.45) is 5.29 Å². The first kappa shape index (κ1) is 10.5. The SMILES string of the molecule is CN(N=O)C(=O)Oc1ccccc1Cl. The van der Waals surface area contributed by atoms with Crippen LogP contribution in [0.4, 0.5) is 4.79 Å². The molecular weight excluding hydrogens is 208 g/mol. The average molecular weight is 215 g/mol. The van der Waals surface area contributed by atoms with Crippen molar-refractivity contribution in [1.82, 2.24) is 5.01 Å². The fraction of sp³-hybridized carbons (Fsp3) is 0.125. The summed E-state index contributed by atoms with van der Waals surface area (Å²) >= 11 is 5.71. The molecule has 1 aromatic carbocycles. The van der Waals surface area contributed by atoms with Gasteiger partial charge in [-0.25, -0.2) is 4.79 Å². The monoisotopic (exact) mass is 214 g/mol. The third kappa shape index (κ3) is 2.43. The van der Waals surface area contributed by atoms with Crippen LogP contribution in [0.25, 0.3) is 0 Å². The van der Waals surface area contributed by atoms with Crippen molar-refractivity contribution >= 4 is 17.7 Å². The van der Waals surface area contributed by atoms with Crippen molar-refractivity contribution in [3.63, 3.8) is 0 Å². The lowest BCUT2D eigenvalue weighted by Crippen LogP contribution is -2.24. The Morgan fingerprint density at radius 3 is 2.71 bits per heavy atom. The summed E-state index contributed by atoms with van der Waals surface area (Å²) in [5.41, 5.74) is 0. The zero-order valence-corrected chi connectivity index (χ0v) is 8.06. The fourth-order valence-corrected chi connectivity index (χ4v) is 0.895. The summed E-state index contributed by atoms with van der Waals surface area (Å²) in [4.78, 5) is 21.0. The zero-order chi connectivity index (χ0) is 10.6. The lowest BCUT2D eigenvalue weighted by molar-refractivity contribution is 0.164. The number of benzene rings is 1. The van der Waals surface area contributed by atoms with Crippen LogP contribution in [-0.2, 0) is 0 Å². The maximum absolute atomic E-state index is 11.0. The molecular formula is C8H7ClN2O3. The maximum Gasteiger partial charge on any atom is 0.438 e. The van der Waals surface area contributed by atoms with E-state index in [2.05, 4.69) is 5.29 Å². The molecule has 6 heteroatoms. The van der Waals surface area contributed by atoms with Gasteiger partial charge in [0.15, 0.2) is 5.75 Å². The highest BCUT2D eigenvalue weighted by atomic mass is 35.5. The van der Waals surface area contributed by atoms with E-state index in [1.165, 1.54) is 13.1 Å². The Kier molecular flexibility index (Phi) is 3.41. The fourth-order valence-electron chi connectivity index (χ4n) is 0.721. The minimum atomic E-state index is -0.881. The van der Waals surface area contributed by atoms with Crippen LogP contribution in [0.5, 0.6) is 5.75 Å². The minimum Gasteiger partial charge on any atom is -0.407 e. The van der Waals surface area contributed by atoms with Crippen LogP contribution in [0.1, 0.15) is 0 Å². The largest absolute Gasteiger partial charge is 0.438 e. The highest BCUT2D eigenvalue weighted by Gasteiger charge is 2.12. The molecule has 0 unspecified atom stereocenters. The molecule has 0 spiro atoms. The highest BCUT2D eigenvalue weighted by molar-refractivity contribution is 6.32. The summed E-state index contributed by atoms with van der Waals surface area (Å²) < 4.78 is 4.76. The Hall–Kier alpha value is -1.62. The molecule has 0 saturated carbocycles. The number of para-hydroxylation sites is 1. The highest BCUT2D eigenvalue weighted by Crippen LogP contribution is 2.23. The maximum atomic E-state index is 11.0. The smallest absolute Gasteiger partial charge is 0.407 e.